The van der Waals surface area contributed by atoms with Crippen molar-refractivity contribution in [3.05, 3.63) is 52.1 Å². The molecule has 0 atom stereocenters. The van der Waals surface area contributed by atoms with Crippen LogP contribution in [-0.4, -0.2) is 14.5 Å². The van der Waals surface area contributed by atoms with E-state index in [4.69, 9.17) is 0 Å². The number of nitro groups is 1. The van der Waals surface area contributed by atoms with Gasteiger partial charge in [0.15, 0.2) is 0 Å². The second kappa shape index (κ2) is 5.13. The Balaban J connectivity index is 2.66. The van der Waals surface area contributed by atoms with E-state index in [0.29, 0.717) is 18.3 Å². The Hall–Kier alpha value is -2.31. The molecule has 0 fully saturated rings. The number of hydrogen-bond acceptors (Lipinski definition) is 3. The molecule has 0 amide bonds. The zero-order valence-electron chi connectivity index (χ0n) is 10.1. The van der Waals surface area contributed by atoms with Crippen molar-refractivity contribution in [2.45, 2.75) is 19.8 Å². The van der Waals surface area contributed by atoms with Crippen molar-refractivity contribution in [2.75, 3.05) is 0 Å². The molecule has 0 saturated carbocycles. The molecule has 0 aliphatic rings. The van der Waals surface area contributed by atoms with Crippen molar-refractivity contribution >= 4 is 5.69 Å². The van der Waals surface area contributed by atoms with Crippen molar-refractivity contribution in [3.8, 4) is 5.69 Å². The van der Waals surface area contributed by atoms with Gasteiger partial charge in [0.2, 0.25) is 5.82 Å². The normalized spacial score (nSPS) is 10.7. The first-order valence-corrected chi connectivity index (χ1v) is 5.70. The molecule has 5 nitrogen and oxygen atoms in total. The predicted molar refractivity (Wildman–Crippen MR) is 64.1 cm³/mol. The fraction of sp³-hybridized carbons (Fsp3) is 0.250. The van der Waals surface area contributed by atoms with Gasteiger partial charge in [0.1, 0.15) is 17.3 Å². The van der Waals surface area contributed by atoms with E-state index < -0.39 is 22.2 Å². The van der Waals surface area contributed by atoms with E-state index in [0.717, 1.165) is 12.5 Å². The van der Waals surface area contributed by atoms with Gasteiger partial charge in [-0.15, -0.1) is 0 Å². The van der Waals surface area contributed by atoms with E-state index in [1.54, 1.807) is 0 Å². The number of aromatic nitrogens is 2. The summed E-state index contributed by atoms with van der Waals surface area (Å²) >= 11 is 0. The summed E-state index contributed by atoms with van der Waals surface area (Å²) < 4.78 is 28.2. The van der Waals surface area contributed by atoms with E-state index in [1.165, 1.54) is 17.0 Å². The van der Waals surface area contributed by atoms with Gasteiger partial charge in [-0.05, 0) is 6.42 Å². The van der Waals surface area contributed by atoms with E-state index in [-0.39, 0.29) is 5.69 Å². The summed E-state index contributed by atoms with van der Waals surface area (Å²) in [5, 5.41) is 10.9. The summed E-state index contributed by atoms with van der Waals surface area (Å²) in [6.07, 6.45) is 4.22. The molecule has 0 unspecified atom stereocenters. The lowest BCUT2D eigenvalue weighted by atomic mass is 10.2. The third-order valence-corrected chi connectivity index (χ3v) is 2.64. The van der Waals surface area contributed by atoms with Crippen LogP contribution in [0.5, 0.6) is 0 Å². The Bertz CT molecular complexity index is 625. The van der Waals surface area contributed by atoms with Crippen LogP contribution in [0.4, 0.5) is 14.5 Å². The molecule has 0 radical (unpaired) electrons. The first-order valence-electron chi connectivity index (χ1n) is 5.70. The fourth-order valence-electron chi connectivity index (χ4n) is 1.88. The largest absolute Gasteiger partial charge is 0.328 e. The highest BCUT2D eigenvalue weighted by atomic mass is 19.1. The van der Waals surface area contributed by atoms with Crippen molar-refractivity contribution < 1.29 is 13.7 Å². The molecule has 100 valence electrons. The molecule has 2 aromatic rings. The molecule has 19 heavy (non-hydrogen) atoms. The van der Waals surface area contributed by atoms with Crippen molar-refractivity contribution in [1.82, 2.24) is 9.55 Å². The zero-order valence-corrected chi connectivity index (χ0v) is 10.1. The molecule has 0 bridgehead atoms. The van der Waals surface area contributed by atoms with Gasteiger partial charge in [0, 0.05) is 30.9 Å². The Morgan fingerprint density at radius 1 is 1.42 bits per heavy atom. The standard InChI is InChI=1S/C12H11F2N3O2/c1-2-3-11-15-4-5-16(11)10-7-8(13)6-9(14)12(10)17(18)19/h4-7H,2-3H2,1H3. The van der Waals surface area contributed by atoms with Crippen LogP contribution in [0.3, 0.4) is 0 Å². The summed E-state index contributed by atoms with van der Waals surface area (Å²) in [6, 6.07) is 1.43. The topological polar surface area (TPSA) is 61.0 Å². The summed E-state index contributed by atoms with van der Waals surface area (Å²) in [6.45, 7) is 1.92. The van der Waals surface area contributed by atoms with Crippen LogP contribution < -0.4 is 0 Å². The lowest BCUT2D eigenvalue weighted by Gasteiger charge is -2.08. The highest BCUT2D eigenvalue weighted by molar-refractivity contribution is 5.54. The smallest absolute Gasteiger partial charge is 0.297 e. The minimum atomic E-state index is -1.20. The van der Waals surface area contributed by atoms with Gasteiger partial charge in [-0.2, -0.15) is 4.39 Å². The van der Waals surface area contributed by atoms with Gasteiger partial charge in [0.05, 0.1) is 4.92 Å². The van der Waals surface area contributed by atoms with Crippen LogP contribution in [0, 0.1) is 21.7 Å². The number of aryl methyl sites for hydroxylation is 1. The van der Waals surface area contributed by atoms with Crippen LogP contribution in [0.15, 0.2) is 24.5 Å². The lowest BCUT2D eigenvalue weighted by molar-refractivity contribution is -0.387. The Kier molecular flexibility index (Phi) is 3.55. The van der Waals surface area contributed by atoms with E-state index in [9.17, 15) is 18.9 Å². The highest BCUT2D eigenvalue weighted by Crippen LogP contribution is 2.28. The van der Waals surface area contributed by atoms with Crippen molar-refractivity contribution in [2.24, 2.45) is 0 Å². The summed E-state index contributed by atoms with van der Waals surface area (Å²) in [5.74, 6) is -1.54. The van der Waals surface area contributed by atoms with Gasteiger partial charge in [-0.3, -0.25) is 14.7 Å². The SMILES string of the molecule is CCCc1nccn1-c1cc(F)cc(F)c1[N+](=O)[O-]. The highest BCUT2D eigenvalue weighted by Gasteiger charge is 2.24. The minimum absolute atomic E-state index is 0.150. The molecular formula is C12H11F2N3O2. The van der Waals surface area contributed by atoms with Crippen LogP contribution in [0.1, 0.15) is 19.2 Å². The maximum atomic E-state index is 13.6. The molecule has 0 saturated heterocycles. The Labute approximate surface area is 107 Å². The fourth-order valence-corrected chi connectivity index (χ4v) is 1.88. The minimum Gasteiger partial charge on any atom is -0.297 e. The van der Waals surface area contributed by atoms with Crippen LogP contribution in [0.2, 0.25) is 0 Å². The molecule has 0 aliphatic carbocycles. The lowest BCUT2D eigenvalue weighted by Crippen LogP contribution is -2.06. The van der Waals surface area contributed by atoms with E-state index in [2.05, 4.69) is 4.98 Å². The number of nitrogens with zero attached hydrogens (tertiary/aromatic N) is 3. The first kappa shape index (κ1) is 13.1. The number of rotatable bonds is 4. The van der Waals surface area contributed by atoms with Gasteiger partial charge in [0.25, 0.3) is 0 Å². The monoisotopic (exact) mass is 267 g/mol. The third kappa shape index (κ3) is 2.44. The third-order valence-electron chi connectivity index (χ3n) is 2.64. The summed E-state index contributed by atoms with van der Waals surface area (Å²) in [4.78, 5) is 14.1. The molecular weight excluding hydrogens is 256 g/mol. The van der Waals surface area contributed by atoms with Crippen LogP contribution in [-0.2, 0) is 6.42 Å². The molecule has 2 rings (SSSR count). The van der Waals surface area contributed by atoms with Gasteiger partial charge >= 0.3 is 5.69 Å². The molecule has 1 aromatic heterocycles. The zero-order chi connectivity index (χ0) is 14.0. The number of imidazole rings is 1. The second-order valence-corrected chi connectivity index (χ2v) is 3.98. The van der Waals surface area contributed by atoms with Crippen LogP contribution in [0.25, 0.3) is 5.69 Å². The van der Waals surface area contributed by atoms with Crippen molar-refractivity contribution in [3.63, 3.8) is 0 Å². The average molecular weight is 267 g/mol. The molecule has 0 aliphatic heterocycles. The average Bonchev–Trinajstić information content (AvgIpc) is 2.75. The molecule has 1 heterocycles. The number of nitro benzene ring substituents is 1. The van der Waals surface area contributed by atoms with Gasteiger partial charge < -0.3 is 0 Å². The van der Waals surface area contributed by atoms with Crippen molar-refractivity contribution in [1.29, 1.82) is 0 Å². The summed E-state index contributed by atoms with van der Waals surface area (Å²) in [5.41, 5.74) is -0.903. The maximum absolute atomic E-state index is 13.6. The molecule has 7 heteroatoms. The Morgan fingerprint density at radius 3 is 2.79 bits per heavy atom. The van der Waals surface area contributed by atoms with E-state index >= 15 is 0 Å². The number of hydrogen-bond donors (Lipinski definition) is 0. The number of halogens is 2. The van der Waals surface area contributed by atoms with Gasteiger partial charge in [-0.25, -0.2) is 9.37 Å². The maximum Gasteiger partial charge on any atom is 0.328 e. The quantitative estimate of drug-likeness (QED) is 0.632. The van der Waals surface area contributed by atoms with E-state index in [1.807, 2.05) is 6.92 Å². The molecule has 0 spiro atoms. The molecule has 0 N–H and O–H groups in total. The summed E-state index contributed by atoms with van der Waals surface area (Å²) in [7, 11) is 0. The predicted octanol–water partition coefficient (Wildman–Crippen LogP) is 3.01. The second-order valence-electron chi connectivity index (χ2n) is 3.98. The first-order chi connectivity index (χ1) is 9.04. The van der Waals surface area contributed by atoms with Gasteiger partial charge in [-0.1, -0.05) is 6.92 Å². The number of benzene rings is 1. The Morgan fingerprint density at radius 2 is 2.16 bits per heavy atom. The molecule has 1 aromatic carbocycles. The van der Waals surface area contributed by atoms with Crippen LogP contribution >= 0.6 is 0 Å².